The number of carbonyl (C=O) groups excluding carboxylic acids is 3. The van der Waals surface area contributed by atoms with Gasteiger partial charge in [-0.1, -0.05) is 30.4 Å². The van der Waals surface area contributed by atoms with Gasteiger partial charge in [0.1, 0.15) is 29.5 Å². The number of anilines is 3. The summed E-state index contributed by atoms with van der Waals surface area (Å²) in [6.07, 6.45) is 33.6. The third-order valence-corrected chi connectivity index (χ3v) is 37.5. The van der Waals surface area contributed by atoms with Crippen LogP contribution < -0.4 is 35.0 Å². The zero-order valence-electron chi connectivity index (χ0n) is 88.8. The van der Waals surface area contributed by atoms with Gasteiger partial charge in [-0.3, -0.25) is 9.59 Å². The minimum atomic E-state index is -5.60. The number of rotatable bonds is 26. The molecular weight excluding hydrogens is 2170 g/mol. The number of ketones is 3. The summed E-state index contributed by atoms with van der Waals surface area (Å²) in [5, 5.41) is 19.3. The van der Waals surface area contributed by atoms with Gasteiger partial charge in [-0.2, -0.15) is 0 Å². The van der Waals surface area contributed by atoms with E-state index in [4.69, 9.17) is 50.7 Å². The second kappa shape index (κ2) is 54.9. The van der Waals surface area contributed by atoms with Gasteiger partial charge in [0.05, 0.1) is 49.2 Å². The maximum Gasteiger partial charge on any atom is 0.165 e. The van der Waals surface area contributed by atoms with E-state index in [1.807, 2.05) is 107 Å². The second-order valence-electron chi connectivity index (χ2n) is 44.7. The summed E-state index contributed by atoms with van der Waals surface area (Å²) < 4.78 is 112. The van der Waals surface area contributed by atoms with Crippen molar-refractivity contribution in [3.8, 4) is 0 Å². The Morgan fingerprint density at radius 3 is 1.19 bits per heavy atom. The van der Waals surface area contributed by atoms with E-state index >= 15 is 0 Å². The number of benzene rings is 4. The van der Waals surface area contributed by atoms with E-state index < -0.39 is 21.7 Å². The van der Waals surface area contributed by atoms with Crippen LogP contribution in [0.2, 0.25) is 19.3 Å². The van der Waals surface area contributed by atoms with Crippen molar-refractivity contribution in [2.45, 2.75) is 310 Å². The van der Waals surface area contributed by atoms with Crippen LogP contribution >= 0.6 is 0 Å². The third-order valence-electron chi connectivity index (χ3n) is 25.2. The molecule has 148 heavy (non-hydrogen) atoms. The number of nitrogen functional groups attached to an aromatic ring is 3. The number of alkyl halides is 3. The SMILES string of the molecule is CC(C)(C)OCC1CCC(=O)C1.CC(C)(C)OC[C@@H]1C=C[C@H](n2cnc3c(N)ncnc32)C1.CC(C)(C)OC[C@@H]1CC([Se]c2ccccc2)[C@H](n2cnc3c(N)ncnc32)C1.CC(C)(C)OC[C@H]1CC(=O)C([Se]c2ccccc2)C1.CC(C)(C)OC[C@H]1CC(O)C([Se]c2ccccc2)C1.CC(C)(C)OC[C@H]1CC(OS(=O)(=O)C(F)(F)F)C([Se]c2ccccc2)C1.Nc1ncnc2c1ncn2[C@H]1C=CC(CO)C1.O=C1C=CCC1. The van der Waals surface area contributed by atoms with Gasteiger partial charge in [0, 0.05) is 37.7 Å². The molecule has 0 bridgehead atoms. The number of aliphatic hydroxyl groups excluding tert-OH is 2. The van der Waals surface area contributed by atoms with Gasteiger partial charge in [0.15, 0.2) is 28.7 Å². The Kier molecular flexibility index (Phi) is 44.5. The number of nitrogens with two attached hydrogens (primary N) is 3. The van der Waals surface area contributed by atoms with Crippen molar-refractivity contribution in [1.82, 2.24) is 58.6 Å². The molecular formula is C111H154F3N15O14SSe4. The Balaban J connectivity index is 0.000000164. The van der Waals surface area contributed by atoms with E-state index in [0.29, 0.717) is 140 Å². The second-order valence-corrected chi connectivity index (χ2v) is 57.2. The molecule has 0 aliphatic heterocycles. The molecule has 0 spiro atoms. The molecule has 0 amide bonds. The average Bonchev–Trinajstić information content (AvgIpc) is 1.62. The number of hydrogen-bond donors (Lipinski definition) is 5. The summed E-state index contributed by atoms with van der Waals surface area (Å²) in [7, 11) is -5.60. The monoisotopic (exact) mass is 2330 g/mol. The number of hydrogen-bond acceptors (Lipinski definition) is 26. The molecule has 8 aliphatic rings. The van der Waals surface area contributed by atoms with Crippen LogP contribution in [0.25, 0.3) is 33.5 Å². The average molecular weight is 2330 g/mol. The van der Waals surface area contributed by atoms with Gasteiger partial charge >= 0.3 is 574 Å². The first kappa shape index (κ1) is 120. The number of halogens is 3. The van der Waals surface area contributed by atoms with Crippen molar-refractivity contribution < 1.29 is 78.8 Å². The Bertz CT molecular complexity index is 6030. The molecule has 8 N–H and O–H groups in total. The fraction of sp³-hybridized carbons (Fsp3) is 0.568. The van der Waals surface area contributed by atoms with Crippen LogP contribution in [0.4, 0.5) is 30.6 Å². The molecule has 18 rings (SSSR count). The number of nitrogens with zero attached hydrogens (tertiary/aromatic N) is 12. The molecule has 4 aromatic carbocycles. The summed E-state index contributed by atoms with van der Waals surface area (Å²) in [6, 6.07) is 41.9. The molecule has 0 radical (unpaired) electrons. The molecule has 10 aromatic rings. The van der Waals surface area contributed by atoms with E-state index in [0.717, 1.165) is 131 Å². The predicted molar refractivity (Wildman–Crippen MR) is 582 cm³/mol. The van der Waals surface area contributed by atoms with Gasteiger partial charge in [0.25, 0.3) is 0 Å². The third kappa shape index (κ3) is 39.6. The maximum absolute atomic E-state index is 12.7. The van der Waals surface area contributed by atoms with Crippen LogP contribution in [0, 0.1) is 41.4 Å². The van der Waals surface area contributed by atoms with Crippen molar-refractivity contribution in [2.75, 3.05) is 63.4 Å². The quantitative estimate of drug-likeness (QED) is 0.0145. The number of allylic oxidation sites excluding steroid dienone is 4. The van der Waals surface area contributed by atoms with Gasteiger partial charge < -0.3 is 35.2 Å². The van der Waals surface area contributed by atoms with Crippen LogP contribution in [-0.2, 0) is 57.1 Å². The summed E-state index contributed by atoms with van der Waals surface area (Å²) >= 11 is 0.826. The van der Waals surface area contributed by atoms with E-state index in [-0.39, 0.29) is 122 Å². The fourth-order valence-corrected chi connectivity index (χ4v) is 29.7. The Morgan fingerprint density at radius 2 is 0.784 bits per heavy atom. The first-order valence-corrected chi connectivity index (χ1v) is 59.9. The number of carbonyl (C=O) groups is 3. The predicted octanol–water partition coefficient (Wildman–Crippen LogP) is 17.2. The smallest absolute Gasteiger partial charge is 0.165 e. The van der Waals surface area contributed by atoms with E-state index in [1.165, 1.54) is 32.4 Å². The summed E-state index contributed by atoms with van der Waals surface area (Å²) in [5.41, 5.74) is 15.7. The van der Waals surface area contributed by atoms with Gasteiger partial charge in [0.2, 0.25) is 0 Å². The summed E-state index contributed by atoms with van der Waals surface area (Å²) in [6.45, 7) is 41.2. The Morgan fingerprint density at radius 1 is 0.405 bits per heavy atom. The van der Waals surface area contributed by atoms with Crippen LogP contribution in [0.3, 0.4) is 0 Å². The Labute approximate surface area is 897 Å². The maximum atomic E-state index is 12.7. The van der Waals surface area contributed by atoms with Crippen molar-refractivity contribution in [3.05, 3.63) is 196 Å². The molecule has 5 saturated carbocycles. The van der Waals surface area contributed by atoms with Crippen molar-refractivity contribution in [3.63, 3.8) is 0 Å². The van der Waals surface area contributed by atoms with Crippen LogP contribution in [-0.4, -0.2) is 252 Å². The zero-order valence-corrected chi connectivity index (χ0v) is 96.5. The number of aromatic nitrogens is 12. The summed E-state index contributed by atoms with van der Waals surface area (Å²) in [4.78, 5) is 72.2. The van der Waals surface area contributed by atoms with Crippen LogP contribution in [0.15, 0.2) is 196 Å². The summed E-state index contributed by atoms with van der Waals surface area (Å²) in [5.74, 6) is 4.95. The minimum Gasteiger partial charge on any atom is -0.396 e. The molecule has 6 aromatic heterocycles. The Hall–Kier alpha value is -8.38. The minimum absolute atomic E-state index is 0.0294. The van der Waals surface area contributed by atoms with Crippen molar-refractivity contribution >= 4 is 156 Å². The van der Waals surface area contributed by atoms with Gasteiger partial charge in [-0.25, -0.2) is 29.9 Å². The van der Waals surface area contributed by atoms with E-state index in [9.17, 15) is 41.1 Å². The van der Waals surface area contributed by atoms with Crippen LogP contribution in [0.1, 0.15) is 239 Å². The number of ether oxygens (including phenoxy) is 6. The van der Waals surface area contributed by atoms with E-state index in [1.54, 1.807) is 18.7 Å². The molecule has 808 valence electrons. The fourth-order valence-electron chi connectivity index (χ4n) is 17.7. The number of imidazole rings is 3. The zero-order chi connectivity index (χ0) is 108. The number of aliphatic hydroxyl groups is 2. The van der Waals surface area contributed by atoms with Crippen molar-refractivity contribution in [2.24, 2.45) is 41.4 Å². The molecule has 0 saturated heterocycles. The molecule has 8 aliphatic carbocycles. The van der Waals surface area contributed by atoms with Crippen molar-refractivity contribution in [1.29, 1.82) is 0 Å². The molecule has 37 heteroatoms. The molecule has 8 unspecified atom stereocenters. The largest absolute Gasteiger partial charge is 0.396 e. The van der Waals surface area contributed by atoms with E-state index in [2.05, 4.69) is 238 Å². The first-order chi connectivity index (χ1) is 69.8. The van der Waals surface area contributed by atoms with Gasteiger partial charge in [-0.05, 0) is 79.2 Å². The number of fused-ring (bicyclic) bond motifs is 3. The van der Waals surface area contributed by atoms with Gasteiger partial charge in [-0.15, -0.1) is 0 Å². The molecule has 16 atom stereocenters. The molecule has 5 fully saturated rings. The molecule has 6 heterocycles. The van der Waals surface area contributed by atoms with Crippen LogP contribution in [0.5, 0.6) is 0 Å². The standard InChI is InChI=1S/C21H27N5OSe.C17H23F3O4SSe.C16H24O2Se.C16H22O2Se.C15H21N5O.C11H13N5O.C10H18O2.C5H6O/c1-21(2,3)27-11-14-9-16(17(10-14)28-15-7-5-4-6-8-15)26-13-25-18-19(22)23-12-24-20(18)26;1-16(2,3)23-11-12-9-14(24-25(21,22)17(18,19)20)15(10-12)26-13-7-5-4-6-8-13;2*1-16(2,3)18-11-12-9-14(17)15(10-12)19-13-7-5-4-6-8-13;1-15(2,3)21-7-10-4-5-11(6-10)20-9-19-12-13(16)17-8-18-14(12)20;12-10-9-11(14-5-13-10)16(6-15-9)8-2-1-7(3-8)4-17;1-10(2,3)12-7-8-4-5-9(11)6-8;6-5-3-1-2-4-5/h4-8,12-14,16-17H,9-11H2,1-3H3,(H2,22,23,24);4-8,12,14-15H,9-11H2,1-3H3;4-8,12,14-15,17H,9-11H2,1-3H3;4-8,12,15H,9-11H2,1-3H3;4-5,8-11H,6-7H2,1-3H3,(H2,16,17,18);1-2,5-8,17H,3-4H2,(H2,12,13,14);8H,4-7H2,1-3H3;1,3H,2,4H2/t14-,16+,17?;2*12-,14?,15?;12-,15?;10-,11+;7?,8-;;/m000010../s1. The first-order valence-electron chi connectivity index (χ1n) is 51.1. The molecule has 29 nitrogen and oxygen atoms in total. The number of Topliss-reactive ketones (excluding diaryl/α,β-unsaturated/α-hetero) is 2. The normalized spacial score (nSPS) is 24.0. The topological polar surface area (TPSA) is 399 Å².